The van der Waals surface area contributed by atoms with Crippen LogP contribution in [-0.4, -0.2) is 20.6 Å². The van der Waals surface area contributed by atoms with E-state index in [9.17, 15) is 18.4 Å². The van der Waals surface area contributed by atoms with Gasteiger partial charge in [0.15, 0.2) is 0 Å². The first-order chi connectivity index (χ1) is 14.9. The molecule has 0 spiro atoms. The molecular weight excluding hydrogens is 430 g/mol. The van der Waals surface area contributed by atoms with Crippen molar-refractivity contribution in [1.82, 2.24) is 14.7 Å². The zero-order valence-electron chi connectivity index (χ0n) is 15.7. The van der Waals surface area contributed by atoms with Crippen molar-refractivity contribution in [3.8, 4) is 23.0 Å². The largest absolute Gasteiger partial charge is 0.332 e. The second-order valence-corrected chi connectivity index (χ2v) is 6.88. The summed E-state index contributed by atoms with van der Waals surface area (Å²) >= 11 is 5.71. The van der Waals surface area contributed by atoms with Gasteiger partial charge in [0.2, 0.25) is 11.7 Å². The zero-order chi connectivity index (χ0) is 22.0. The van der Waals surface area contributed by atoms with Crippen LogP contribution in [-0.2, 0) is 11.3 Å². The van der Waals surface area contributed by atoms with Gasteiger partial charge in [0.05, 0.1) is 5.69 Å². The summed E-state index contributed by atoms with van der Waals surface area (Å²) in [6.07, 6.45) is 0. The molecule has 0 radical (unpaired) electrons. The zero-order valence-corrected chi connectivity index (χ0v) is 16.4. The molecular formula is C21H13ClF2N4O3. The molecule has 31 heavy (non-hydrogen) atoms. The Morgan fingerprint density at radius 2 is 1.90 bits per heavy atom. The molecule has 0 atom stereocenters. The number of carbonyl (C=O) groups excluding carboxylic acids is 1. The van der Waals surface area contributed by atoms with Crippen LogP contribution in [0.1, 0.15) is 0 Å². The van der Waals surface area contributed by atoms with Gasteiger partial charge < -0.3 is 9.84 Å². The van der Waals surface area contributed by atoms with E-state index in [0.717, 1.165) is 10.6 Å². The Bertz CT molecular complexity index is 1340. The van der Waals surface area contributed by atoms with Crippen LogP contribution in [0.4, 0.5) is 14.5 Å². The van der Waals surface area contributed by atoms with Gasteiger partial charge in [0, 0.05) is 16.7 Å². The standard InChI is InChI=1S/C21H13ClF2N4O3/c22-13-7-8-16(15(24)10-13)25-18(29)11-28-17(5-2-6-19(28)30)21-26-20(27-31-21)12-3-1-4-14(23)9-12/h1-10H,11H2,(H,25,29). The first kappa shape index (κ1) is 20.4. The number of hydrogen-bond acceptors (Lipinski definition) is 5. The number of amides is 1. The number of halogens is 3. The second kappa shape index (κ2) is 8.49. The smallest absolute Gasteiger partial charge is 0.274 e. The lowest BCUT2D eigenvalue weighted by Crippen LogP contribution is -2.28. The lowest BCUT2D eigenvalue weighted by atomic mass is 10.2. The van der Waals surface area contributed by atoms with Crippen molar-refractivity contribution in [3.05, 3.63) is 87.7 Å². The molecule has 7 nitrogen and oxygen atoms in total. The third kappa shape index (κ3) is 4.51. The molecule has 0 saturated carbocycles. The maximum atomic E-state index is 13.9. The first-order valence-corrected chi connectivity index (χ1v) is 9.33. The lowest BCUT2D eigenvalue weighted by Gasteiger charge is -2.11. The average molecular weight is 443 g/mol. The lowest BCUT2D eigenvalue weighted by molar-refractivity contribution is -0.116. The van der Waals surface area contributed by atoms with Crippen LogP contribution in [0.5, 0.6) is 0 Å². The highest BCUT2D eigenvalue weighted by Gasteiger charge is 2.17. The van der Waals surface area contributed by atoms with E-state index in [0.29, 0.717) is 5.56 Å². The van der Waals surface area contributed by atoms with Crippen LogP contribution >= 0.6 is 11.6 Å². The summed E-state index contributed by atoms with van der Waals surface area (Å²) < 4.78 is 33.7. The number of nitrogens with zero attached hydrogens (tertiary/aromatic N) is 3. The highest BCUT2D eigenvalue weighted by atomic mass is 35.5. The third-order valence-electron chi connectivity index (χ3n) is 4.28. The molecule has 2 heterocycles. The molecule has 0 bridgehead atoms. The third-order valence-corrected chi connectivity index (χ3v) is 4.52. The van der Waals surface area contributed by atoms with Gasteiger partial charge in [-0.05, 0) is 36.4 Å². The first-order valence-electron chi connectivity index (χ1n) is 8.95. The van der Waals surface area contributed by atoms with Crippen molar-refractivity contribution in [2.45, 2.75) is 6.54 Å². The van der Waals surface area contributed by atoms with Crippen molar-refractivity contribution in [2.75, 3.05) is 5.32 Å². The molecule has 4 rings (SSSR count). The van der Waals surface area contributed by atoms with E-state index < -0.39 is 29.6 Å². The van der Waals surface area contributed by atoms with Crippen LogP contribution in [0.25, 0.3) is 23.0 Å². The van der Waals surface area contributed by atoms with E-state index in [1.54, 1.807) is 6.07 Å². The molecule has 0 unspecified atom stereocenters. The number of nitrogens with one attached hydrogen (secondary N) is 1. The molecule has 0 fully saturated rings. The van der Waals surface area contributed by atoms with Crippen LogP contribution in [0.3, 0.4) is 0 Å². The Morgan fingerprint density at radius 1 is 1.10 bits per heavy atom. The van der Waals surface area contributed by atoms with Crippen molar-refractivity contribution in [1.29, 1.82) is 0 Å². The fraction of sp³-hybridized carbons (Fsp3) is 0.0476. The molecule has 10 heteroatoms. The monoisotopic (exact) mass is 442 g/mol. The molecule has 2 aromatic heterocycles. The maximum Gasteiger partial charge on any atom is 0.274 e. The van der Waals surface area contributed by atoms with Gasteiger partial charge in [-0.15, -0.1) is 0 Å². The highest BCUT2D eigenvalue weighted by Crippen LogP contribution is 2.23. The quantitative estimate of drug-likeness (QED) is 0.502. The number of aromatic nitrogens is 3. The Kier molecular flexibility index (Phi) is 5.59. The number of carbonyl (C=O) groups is 1. The number of hydrogen-bond donors (Lipinski definition) is 1. The van der Waals surface area contributed by atoms with Gasteiger partial charge in [-0.25, -0.2) is 8.78 Å². The van der Waals surface area contributed by atoms with Crippen LogP contribution in [0.2, 0.25) is 5.02 Å². The highest BCUT2D eigenvalue weighted by molar-refractivity contribution is 6.30. The van der Waals surface area contributed by atoms with Gasteiger partial charge in [-0.2, -0.15) is 4.98 Å². The molecule has 2 aromatic carbocycles. The molecule has 0 aliphatic heterocycles. The Balaban J connectivity index is 1.62. The minimum atomic E-state index is -0.710. The summed E-state index contributed by atoms with van der Waals surface area (Å²) in [7, 11) is 0. The Hall–Kier alpha value is -3.85. The maximum absolute atomic E-state index is 13.9. The molecule has 1 amide bonds. The molecule has 0 saturated heterocycles. The fourth-order valence-electron chi connectivity index (χ4n) is 2.87. The summed E-state index contributed by atoms with van der Waals surface area (Å²) in [5.74, 6) is -1.75. The number of benzene rings is 2. The van der Waals surface area contributed by atoms with Gasteiger partial charge in [0.25, 0.3) is 11.4 Å². The fourth-order valence-corrected chi connectivity index (χ4v) is 3.03. The molecule has 1 N–H and O–H groups in total. The van der Waals surface area contributed by atoms with Crippen molar-refractivity contribution < 1.29 is 18.1 Å². The number of anilines is 1. The second-order valence-electron chi connectivity index (χ2n) is 6.44. The van der Waals surface area contributed by atoms with Crippen molar-refractivity contribution in [2.24, 2.45) is 0 Å². The van der Waals surface area contributed by atoms with E-state index >= 15 is 0 Å². The predicted molar refractivity (Wildman–Crippen MR) is 109 cm³/mol. The summed E-state index contributed by atoms with van der Waals surface area (Å²) in [4.78, 5) is 29.0. The Labute approximate surface area is 178 Å². The molecule has 0 aliphatic carbocycles. The van der Waals surface area contributed by atoms with Crippen LogP contribution in [0.15, 0.2) is 70.0 Å². The summed E-state index contributed by atoms with van der Waals surface area (Å²) in [5, 5.41) is 6.38. The SMILES string of the molecule is O=C(Cn1c(-c2nc(-c3cccc(F)c3)no2)cccc1=O)Nc1ccc(Cl)cc1F. The van der Waals surface area contributed by atoms with Gasteiger partial charge in [-0.3, -0.25) is 14.2 Å². The van der Waals surface area contributed by atoms with Gasteiger partial charge in [-0.1, -0.05) is 35.0 Å². The Morgan fingerprint density at radius 3 is 2.68 bits per heavy atom. The summed E-state index contributed by atoms with van der Waals surface area (Å²) in [6, 6.07) is 13.6. The van der Waals surface area contributed by atoms with Crippen LogP contribution in [0, 0.1) is 11.6 Å². The molecule has 156 valence electrons. The predicted octanol–water partition coefficient (Wildman–Crippen LogP) is 4.14. The normalized spacial score (nSPS) is 10.8. The summed E-state index contributed by atoms with van der Waals surface area (Å²) in [5.41, 5.74) is -0.0222. The van der Waals surface area contributed by atoms with E-state index in [2.05, 4.69) is 15.5 Å². The van der Waals surface area contributed by atoms with E-state index in [1.165, 1.54) is 48.5 Å². The van der Waals surface area contributed by atoms with Crippen molar-refractivity contribution >= 4 is 23.2 Å². The van der Waals surface area contributed by atoms with E-state index in [1.807, 2.05) is 0 Å². The van der Waals surface area contributed by atoms with Crippen molar-refractivity contribution in [3.63, 3.8) is 0 Å². The summed E-state index contributed by atoms with van der Waals surface area (Å²) in [6.45, 7) is -0.436. The number of pyridine rings is 1. The molecule has 0 aliphatic rings. The van der Waals surface area contributed by atoms with E-state index in [4.69, 9.17) is 16.1 Å². The minimum absolute atomic E-state index is 0.0394. The molecule has 4 aromatic rings. The van der Waals surface area contributed by atoms with E-state index in [-0.39, 0.29) is 28.1 Å². The number of rotatable bonds is 5. The van der Waals surface area contributed by atoms with Gasteiger partial charge >= 0.3 is 0 Å². The topological polar surface area (TPSA) is 90.0 Å². The van der Waals surface area contributed by atoms with Gasteiger partial charge in [0.1, 0.15) is 23.9 Å². The minimum Gasteiger partial charge on any atom is -0.332 e. The average Bonchev–Trinajstić information content (AvgIpc) is 3.22. The van der Waals surface area contributed by atoms with Crippen LogP contribution < -0.4 is 10.9 Å².